The normalized spacial score (nSPS) is 31.7. The largest absolute Gasteiger partial charge is 0.360 e. The van der Waals surface area contributed by atoms with E-state index in [1.54, 1.807) is 0 Å². The first-order chi connectivity index (χ1) is 9.28. The summed E-state index contributed by atoms with van der Waals surface area (Å²) in [6.07, 6.45) is 6.88. The molecule has 1 saturated carbocycles. The van der Waals surface area contributed by atoms with Gasteiger partial charge in [-0.2, -0.15) is 0 Å². The van der Waals surface area contributed by atoms with Crippen LogP contribution in [-0.4, -0.2) is 29.2 Å². The Hall–Kier alpha value is -1.07. The predicted octanol–water partition coefficient (Wildman–Crippen LogP) is 1.99. The lowest BCUT2D eigenvalue weighted by Gasteiger charge is -2.29. The lowest BCUT2D eigenvalue weighted by molar-refractivity contribution is 0.0914. The first-order valence-electron chi connectivity index (χ1n) is 7.31. The van der Waals surface area contributed by atoms with Gasteiger partial charge in [-0.3, -0.25) is 4.79 Å². The summed E-state index contributed by atoms with van der Waals surface area (Å²) in [5.74, 6) is 1.29. The molecule has 0 radical (unpaired) electrons. The number of carbonyl (C=O) groups is 1. The Morgan fingerprint density at radius 1 is 1.25 bits per heavy atom. The summed E-state index contributed by atoms with van der Waals surface area (Å²) in [6.45, 7) is 0. The number of piperidine rings is 1. The van der Waals surface area contributed by atoms with Crippen molar-refractivity contribution in [3.8, 4) is 0 Å². The lowest BCUT2D eigenvalue weighted by Crippen LogP contribution is -2.48. The molecule has 2 N–H and O–H groups in total. The summed E-state index contributed by atoms with van der Waals surface area (Å²) in [5.41, 5.74) is 0.438. The van der Waals surface area contributed by atoms with Gasteiger partial charge in [-0.25, -0.2) is 0 Å². The van der Waals surface area contributed by atoms with Gasteiger partial charge in [0.25, 0.3) is 5.91 Å². The van der Waals surface area contributed by atoms with Crippen molar-refractivity contribution in [1.29, 1.82) is 0 Å². The van der Waals surface area contributed by atoms with Crippen molar-refractivity contribution in [2.45, 2.75) is 62.6 Å². The van der Waals surface area contributed by atoms with E-state index in [0.717, 1.165) is 31.4 Å². The van der Waals surface area contributed by atoms with Crippen molar-refractivity contribution in [1.82, 2.24) is 15.8 Å². The summed E-state index contributed by atoms with van der Waals surface area (Å²) >= 11 is 0. The van der Waals surface area contributed by atoms with Crippen LogP contribution in [0.3, 0.4) is 0 Å². The number of fused-ring (bicyclic) bond motifs is 2. The average molecular weight is 298 g/mol. The molecule has 110 valence electrons. The highest BCUT2D eigenvalue weighted by molar-refractivity contribution is 5.92. The molecule has 4 rings (SSSR count). The highest BCUT2D eigenvalue weighted by Crippen LogP contribution is 2.40. The smallest absolute Gasteiger partial charge is 0.273 e. The molecule has 3 fully saturated rings. The van der Waals surface area contributed by atoms with Crippen molar-refractivity contribution in [3.05, 3.63) is 17.5 Å². The summed E-state index contributed by atoms with van der Waals surface area (Å²) in [4.78, 5) is 12.1. The summed E-state index contributed by atoms with van der Waals surface area (Å²) in [5, 5.41) is 10.6. The zero-order chi connectivity index (χ0) is 12.8. The predicted molar refractivity (Wildman–Crippen MR) is 76.2 cm³/mol. The molecular formula is C14H20ClN3O2. The third-order valence-electron chi connectivity index (χ3n) is 4.55. The number of hydrogen-bond donors (Lipinski definition) is 2. The molecule has 6 heteroatoms. The minimum Gasteiger partial charge on any atom is -0.360 e. The third kappa shape index (κ3) is 2.69. The molecule has 1 aromatic heterocycles. The second-order valence-corrected chi connectivity index (χ2v) is 6.17. The van der Waals surface area contributed by atoms with Crippen LogP contribution in [0.2, 0.25) is 0 Å². The molecule has 0 unspecified atom stereocenters. The van der Waals surface area contributed by atoms with E-state index in [-0.39, 0.29) is 24.4 Å². The van der Waals surface area contributed by atoms with Crippen LogP contribution in [0, 0.1) is 0 Å². The molecule has 0 spiro atoms. The molecule has 0 aromatic carbocycles. The molecular weight excluding hydrogens is 278 g/mol. The van der Waals surface area contributed by atoms with Crippen molar-refractivity contribution < 1.29 is 9.32 Å². The number of amides is 1. The number of nitrogens with one attached hydrogen (secondary N) is 2. The average Bonchev–Trinajstić information content (AvgIpc) is 3.03. The monoisotopic (exact) mass is 297 g/mol. The van der Waals surface area contributed by atoms with E-state index < -0.39 is 0 Å². The van der Waals surface area contributed by atoms with Crippen LogP contribution in [0.5, 0.6) is 0 Å². The van der Waals surface area contributed by atoms with Crippen LogP contribution in [0.4, 0.5) is 0 Å². The molecule has 2 saturated heterocycles. The van der Waals surface area contributed by atoms with E-state index in [9.17, 15) is 4.79 Å². The molecule has 2 aliphatic heterocycles. The molecule has 20 heavy (non-hydrogen) atoms. The van der Waals surface area contributed by atoms with Gasteiger partial charge >= 0.3 is 0 Å². The molecule has 3 aliphatic rings. The Morgan fingerprint density at radius 3 is 2.60 bits per heavy atom. The van der Waals surface area contributed by atoms with Crippen molar-refractivity contribution in [2.24, 2.45) is 0 Å². The van der Waals surface area contributed by atoms with Crippen LogP contribution in [0.15, 0.2) is 10.6 Å². The second-order valence-electron chi connectivity index (χ2n) is 6.17. The van der Waals surface area contributed by atoms with E-state index >= 15 is 0 Å². The minimum atomic E-state index is -0.0815. The van der Waals surface area contributed by atoms with Gasteiger partial charge in [-0.05, 0) is 38.5 Å². The van der Waals surface area contributed by atoms with E-state index in [1.807, 2.05) is 6.07 Å². The maximum atomic E-state index is 12.1. The number of halogens is 1. The quantitative estimate of drug-likeness (QED) is 0.895. The topological polar surface area (TPSA) is 67.2 Å². The Balaban J connectivity index is 0.00000121. The zero-order valence-corrected chi connectivity index (χ0v) is 12.1. The van der Waals surface area contributed by atoms with E-state index in [4.69, 9.17) is 4.52 Å². The number of carbonyl (C=O) groups excluding carboxylic acids is 1. The van der Waals surface area contributed by atoms with E-state index in [2.05, 4.69) is 15.8 Å². The highest BCUT2D eigenvalue weighted by atomic mass is 35.5. The van der Waals surface area contributed by atoms with Gasteiger partial charge in [0.05, 0.1) is 0 Å². The Kier molecular flexibility index (Phi) is 3.73. The fraction of sp³-hybridized carbons (Fsp3) is 0.714. The SMILES string of the molecule is Cl.O=C(N[C@H]1C[C@H]2CC[C@@H](C1)N2)c1cc(C2CC2)on1. The summed E-state index contributed by atoms with van der Waals surface area (Å²) in [6, 6.07) is 3.27. The maximum absolute atomic E-state index is 12.1. The standard InChI is InChI=1S/C14H19N3O2.ClH/c18-14(12-7-13(19-17-12)8-1-2-8)16-11-5-9-3-4-10(6-11)15-9;/h7-11,15H,1-6H2,(H,16,18);1H/t9-,10+,11+;. The number of aromatic nitrogens is 1. The first kappa shape index (κ1) is 13.9. The first-order valence-corrected chi connectivity index (χ1v) is 7.31. The molecule has 5 nitrogen and oxygen atoms in total. The van der Waals surface area contributed by atoms with Crippen LogP contribution >= 0.6 is 12.4 Å². The molecule has 3 heterocycles. The minimum absolute atomic E-state index is 0. The fourth-order valence-corrected chi connectivity index (χ4v) is 3.39. The Labute approximate surface area is 124 Å². The molecule has 1 aromatic rings. The van der Waals surface area contributed by atoms with Gasteiger partial charge in [-0.1, -0.05) is 5.16 Å². The second kappa shape index (κ2) is 5.37. The maximum Gasteiger partial charge on any atom is 0.273 e. The van der Waals surface area contributed by atoms with Crippen LogP contribution < -0.4 is 10.6 Å². The van der Waals surface area contributed by atoms with E-state index in [1.165, 1.54) is 12.8 Å². The number of nitrogens with zero attached hydrogens (tertiary/aromatic N) is 1. The molecule has 2 bridgehead atoms. The van der Waals surface area contributed by atoms with Crippen LogP contribution in [0.1, 0.15) is 60.7 Å². The van der Waals surface area contributed by atoms with Crippen molar-refractivity contribution in [2.75, 3.05) is 0 Å². The lowest BCUT2D eigenvalue weighted by atomic mass is 10.00. The van der Waals surface area contributed by atoms with Crippen molar-refractivity contribution >= 4 is 18.3 Å². The molecule has 1 amide bonds. The van der Waals surface area contributed by atoms with Gasteiger partial charge in [0.15, 0.2) is 5.69 Å². The van der Waals surface area contributed by atoms with Crippen LogP contribution in [-0.2, 0) is 0 Å². The highest BCUT2D eigenvalue weighted by Gasteiger charge is 2.35. The van der Waals surface area contributed by atoms with Gasteiger partial charge in [0.2, 0.25) is 0 Å². The third-order valence-corrected chi connectivity index (χ3v) is 4.55. The van der Waals surface area contributed by atoms with Crippen LogP contribution in [0.25, 0.3) is 0 Å². The molecule has 3 atom stereocenters. The number of hydrogen-bond acceptors (Lipinski definition) is 4. The van der Waals surface area contributed by atoms with Gasteiger partial charge < -0.3 is 15.2 Å². The summed E-state index contributed by atoms with van der Waals surface area (Å²) < 4.78 is 5.23. The van der Waals surface area contributed by atoms with Gasteiger partial charge in [0.1, 0.15) is 5.76 Å². The Morgan fingerprint density at radius 2 is 1.95 bits per heavy atom. The fourth-order valence-electron chi connectivity index (χ4n) is 3.39. The van der Waals surface area contributed by atoms with E-state index in [0.29, 0.717) is 23.7 Å². The zero-order valence-electron chi connectivity index (χ0n) is 11.3. The van der Waals surface area contributed by atoms with Crippen molar-refractivity contribution in [3.63, 3.8) is 0 Å². The van der Waals surface area contributed by atoms with Gasteiger partial charge in [-0.15, -0.1) is 12.4 Å². The van der Waals surface area contributed by atoms with Gasteiger partial charge in [0, 0.05) is 30.1 Å². The number of rotatable bonds is 3. The Bertz CT molecular complexity index is 488. The molecule has 1 aliphatic carbocycles. The summed E-state index contributed by atoms with van der Waals surface area (Å²) in [7, 11) is 0.